The largest absolute Gasteiger partial charge is 0.490 e. The Balaban J connectivity index is 0.000000186. The van der Waals surface area contributed by atoms with Crippen molar-refractivity contribution < 1.29 is 48.3 Å². The molecule has 0 bridgehead atoms. The number of aromatic carboxylic acids is 2. The Morgan fingerprint density at radius 3 is 1.16 bits per heavy atom. The predicted molar refractivity (Wildman–Crippen MR) is 224 cm³/mol. The van der Waals surface area contributed by atoms with Crippen LogP contribution in [0.5, 0.6) is 11.5 Å². The first-order valence-electron chi connectivity index (χ1n) is 20.8. The van der Waals surface area contributed by atoms with Crippen molar-refractivity contribution in [3.63, 3.8) is 0 Å². The molecule has 2 aromatic heterocycles. The second-order valence-corrected chi connectivity index (χ2v) is 18.2. The summed E-state index contributed by atoms with van der Waals surface area (Å²) in [5, 5.41) is 19.8. The SMILES string of the molecule is C[C@@H]1Cn2c(c(C(=O)O)n(-c3ccc(OC4CC4)cc3)c2=O)CN1C(=O)OC(C)(C)C.C[C@H]1Cn2c(c(C(=O)O)n(-c3ccc(OC4CC4)cc3)c2=O)CN1C(=O)OC(C)(C)C. The fourth-order valence-corrected chi connectivity index (χ4v) is 7.39. The van der Waals surface area contributed by atoms with Crippen molar-refractivity contribution in [2.24, 2.45) is 0 Å². The quantitative estimate of drug-likeness (QED) is 0.208. The minimum atomic E-state index is -1.23. The van der Waals surface area contributed by atoms with E-state index in [0.717, 1.165) is 25.7 Å². The Morgan fingerprint density at radius 1 is 0.565 bits per heavy atom. The van der Waals surface area contributed by atoms with Crippen molar-refractivity contribution in [3.05, 3.63) is 92.3 Å². The predicted octanol–water partition coefficient (Wildman–Crippen LogP) is 6.04. The molecule has 2 aromatic carbocycles. The van der Waals surface area contributed by atoms with E-state index in [1.165, 1.54) is 28.1 Å². The summed E-state index contributed by atoms with van der Waals surface area (Å²) < 4.78 is 27.6. The van der Waals surface area contributed by atoms with Gasteiger partial charge in [-0.1, -0.05) is 0 Å². The van der Waals surface area contributed by atoms with Crippen molar-refractivity contribution in [2.75, 3.05) is 0 Å². The molecule has 2 N–H and O–H groups in total. The van der Waals surface area contributed by atoms with Gasteiger partial charge in [0.05, 0.1) is 60.1 Å². The summed E-state index contributed by atoms with van der Waals surface area (Å²) in [5.41, 5.74) is -1.13. The van der Waals surface area contributed by atoms with E-state index in [1.54, 1.807) is 104 Å². The molecule has 0 saturated heterocycles. The fourth-order valence-electron chi connectivity index (χ4n) is 7.39. The van der Waals surface area contributed by atoms with Crippen molar-refractivity contribution in [1.82, 2.24) is 28.1 Å². The van der Waals surface area contributed by atoms with Gasteiger partial charge in [0, 0.05) is 13.1 Å². The van der Waals surface area contributed by atoms with E-state index in [0.29, 0.717) is 22.9 Å². The molecule has 2 atom stereocenters. The number of aromatic nitrogens is 4. The van der Waals surface area contributed by atoms with Gasteiger partial charge in [0.25, 0.3) is 0 Å². The van der Waals surface area contributed by atoms with Crippen LogP contribution in [0.4, 0.5) is 9.59 Å². The van der Waals surface area contributed by atoms with Crippen LogP contribution in [0.25, 0.3) is 11.4 Å². The van der Waals surface area contributed by atoms with Crippen LogP contribution in [0.2, 0.25) is 0 Å². The van der Waals surface area contributed by atoms with E-state index < -0.39 is 46.7 Å². The van der Waals surface area contributed by atoms with Crippen molar-refractivity contribution >= 4 is 24.1 Å². The summed E-state index contributed by atoms with van der Waals surface area (Å²) >= 11 is 0. The van der Waals surface area contributed by atoms with Gasteiger partial charge < -0.3 is 29.2 Å². The maximum Gasteiger partial charge on any atom is 0.410 e. The third kappa shape index (κ3) is 9.38. The van der Waals surface area contributed by atoms with Crippen LogP contribution in [0.15, 0.2) is 58.1 Å². The second kappa shape index (κ2) is 16.4. The highest BCUT2D eigenvalue weighted by Gasteiger charge is 2.38. The number of rotatable bonds is 8. The Kier molecular flexibility index (Phi) is 11.6. The monoisotopic (exact) mass is 858 g/mol. The minimum Gasteiger partial charge on any atom is -0.490 e. The summed E-state index contributed by atoms with van der Waals surface area (Å²) in [4.78, 5) is 78.9. The third-order valence-electron chi connectivity index (χ3n) is 10.6. The maximum atomic E-state index is 13.2. The molecule has 2 aliphatic carbocycles. The summed E-state index contributed by atoms with van der Waals surface area (Å²) in [7, 11) is 0. The van der Waals surface area contributed by atoms with Gasteiger partial charge in [-0.2, -0.15) is 0 Å². The molecular weight excluding hydrogens is 805 g/mol. The van der Waals surface area contributed by atoms with Crippen LogP contribution in [-0.4, -0.2) is 97.9 Å². The van der Waals surface area contributed by atoms with Gasteiger partial charge in [0.15, 0.2) is 11.4 Å². The molecular formula is C44H54N6O12. The maximum absolute atomic E-state index is 13.2. The number of carboxylic acid groups (broad SMARTS) is 2. The van der Waals surface area contributed by atoms with Crippen molar-refractivity contribution in [2.45, 2.75) is 143 Å². The number of hydrogen-bond donors (Lipinski definition) is 2. The van der Waals surface area contributed by atoms with Gasteiger partial charge in [-0.25, -0.2) is 28.8 Å². The first kappa shape index (κ1) is 43.6. The Hall–Kier alpha value is -6.46. The first-order valence-corrected chi connectivity index (χ1v) is 20.8. The lowest BCUT2D eigenvalue weighted by Gasteiger charge is -2.35. The molecule has 0 radical (unpaired) electrons. The summed E-state index contributed by atoms with van der Waals surface area (Å²) in [5.74, 6) is -1.10. The number of ether oxygens (including phenoxy) is 4. The number of carbonyl (C=O) groups excluding carboxylic acids is 2. The normalized spacial score (nSPS) is 18.5. The molecule has 0 spiro atoms. The second-order valence-electron chi connectivity index (χ2n) is 18.2. The zero-order valence-electron chi connectivity index (χ0n) is 36.2. The van der Waals surface area contributed by atoms with Gasteiger partial charge in [-0.3, -0.25) is 28.1 Å². The van der Waals surface area contributed by atoms with Gasteiger partial charge in [0.2, 0.25) is 0 Å². The molecule has 332 valence electrons. The van der Waals surface area contributed by atoms with Crippen LogP contribution in [0, 0.1) is 0 Å². The lowest BCUT2D eigenvalue weighted by Crippen LogP contribution is -2.48. The van der Waals surface area contributed by atoms with Gasteiger partial charge in [-0.05, 0) is 130 Å². The van der Waals surface area contributed by atoms with E-state index in [-0.39, 0.29) is 73.2 Å². The van der Waals surface area contributed by atoms with E-state index in [4.69, 9.17) is 18.9 Å². The molecule has 2 amide bonds. The molecule has 2 saturated carbocycles. The lowest BCUT2D eigenvalue weighted by molar-refractivity contribution is 0.00848. The van der Waals surface area contributed by atoms with Crippen molar-refractivity contribution in [1.29, 1.82) is 0 Å². The molecule has 0 unspecified atom stereocenters. The minimum absolute atomic E-state index is 0.0250. The summed E-state index contributed by atoms with van der Waals surface area (Å²) in [6.07, 6.45) is 3.53. The summed E-state index contributed by atoms with van der Waals surface area (Å²) in [6.45, 7) is 14.5. The van der Waals surface area contributed by atoms with Crippen LogP contribution >= 0.6 is 0 Å². The van der Waals surface area contributed by atoms with Crippen LogP contribution in [0.3, 0.4) is 0 Å². The Bertz CT molecular complexity index is 2320. The van der Waals surface area contributed by atoms with E-state index >= 15 is 0 Å². The average molecular weight is 859 g/mol. The van der Waals surface area contributed by atoms with Gasteiger partial charge >= 0.3 is 35.5 Å². The number of carboxylic acids is 2. The fraction of sp³-hybridized carbons (Fsp3) is 0.500. The first-order chi connectivity index (χ1) is 29.1. The highest BCUT2D eigenvalue weighted by molar-refractivity contribution is 5.89. The van der Waals surface area contributed by atoms with Crippen molar-refractivity contribution in [3.8, 4) is 22.9 Å². The lowest BCUT2D eigenvalue weighted by atomic mass is 10.1. The number of fused-ring (bicyclic) bond motifs is 2. The van der Waals surface area contributed by atoms with E-state index in [2.05, 4.69) is 0 Å². The molecule has 4 heterocycles. The number of carbonyl (C=O) groups is 4. The van der Waals surface area contributed by atoms with Gasteiger partial charge in [0.1, 0.15) is 22.7 Å². The molecule has 18 nitrogen and oxygen atoms in total. The average Bonchev–Trinajstić information content (AvgIpc) is 4.12. The highest BCUT2D eigenvalue weighted by Crippen LogP contribution is 2.31. The molecule has 62 heavy (non-hydrogen) atoms. The van der Waals surface area contributed by atoms with E-state index in [9.17, 15) is 39.0 Å². The molecule has 8 rings (SSSR count). The Morgan fingerprint density at radius 2 is 0.887 bits per heavy atom. The zero-order valence-corrected chi connectivity index (χ0v) is 36.2. The highest BCUT2D eigenvalue weighted by atomic mass is 16.6. The zero-order chi connectivity index (χ0) is 45.0. The van der Waals surface area contributed by atoms with Crippen LogP contribution in [0.1, 0.15) is 113 Å². The Labute approximate surface area is 357 Å². The molecule has 2 fully saturated rings. The van der Waals surface area contributed by atoms with Gasteiger partial charge in [-0.15, -0.1) is 0 Å². The van der Waals surface area contributed by atoms with Crippen LogP contribution in [-0.2, 0) is 35.7 Å². The standard InChI is InChI=1S/2C22H27N3O6/c2*1-13-11-24-17(12-23(13)21(29)31-22(2,3)4)18(19(26)27)25(20(24)28)14-5-7-15(8-6-14)30-16-9-10-16/h2*5-8,13,16H,9-12H2,1-4H3,(H,26,27)/t2*13-/m10/s1. The summed E-state index contributed by atoms with van der Waals surface area (Å²) in [6, 6.07) is 13.0. The molecule has 2 aliphatic heterocycles. The van der Waals surface area contributed by atoms with E-state index in [1.807, 2.05) is 0 Å². The topological polar surface area (TPSA) is 206 Å². The molecule has 4 aliphatic rings. The molecule has 18 heteroatoms. The third-order valence-corrected chi connectivity index (χ3v) is 10.6. The molecule has 4 aromatic rings. The number of nitrogens with zero attached hydrogens (tertiary/aromatic N) is 6. The van der Waals surface area contributed by atoms with Crippen LogP contribution < -0.4 is 20.9 Å². The number of benzene rings is 2. The number of imidazole rings is 2. The smallest absolute Gasteiger partial charge is 0.410 e. The number of hydrogen-bond acceptors (Lipinski definition) is 10. The number of amides is 2.